The van der Waals surface area contributed by atoms with Crippen LogP contribution in [-0.2, 0) is 21.2 Å². The van der Waals surface area contributed by atoms with Crippen LogP contribution in [0.15, 0.2) is 71.6 Å². The molecule has 3 amide bonds. The number of benzene rings is 3. The Morgan fingerprint density at radius 3 is 2.43 bits per heavy atom. The third-order valence-corrected chi connectivity index (χ3v) is 9.08. The zero-order valence-electron chi connectivity index (χ0n) is 25.0. The number of rotatable bonds is 9. The van der Waals surface area contributed by atoms with Gasteiger partial charge in [-0.1, -0.05) is 18.5 Å². The summed E-state index contributed by atoms with van der Waals surface area (Å²) in [6.45, 7) is 3.91. The number of hydrogen-bond acceptors (Lipinski definition) is 7. The minimum atomic E-state index is -3.93. The highest BCUT2D eigenvalue weighted by molar-refractivity contribution is 7.92. The van der Waals surface area contributed by atoms with E-state index in [1.54, 1.807) is 68.4 Å². The number of amides is 3. The standard InChI is InChI=1S/C31H37ClN4O7S/c1-20-17-36(21(2)19-37)30(38)16-22-15-25(34-44(40,41)27-12-5-23(32)6-13-27)9-14-28(22)43-29(20)18-35(3)31(39)33-24-7-10-26(42-4)11-8-24/h5-15,20-21,29,34,37H,16-19H2,1-4H3,(H,33,39)/t20-,21-,29+/m1/s1. The summed E-state index contributed by atoms with van der Waals surface area (Å²) in [7, 11) is -0.719. The number of nitrogens with zero attached hydrogens (tertiary/aromatic N) is 2. The van der Waals surface area contributed by atoms with E-state index in [4.69, 9.17) is 21.1 Å². The van der Waals surface area contributed by atoms with Crippen molar-refractivity contribution in [3.05, 3.63) is 77.3 Å². The number of fused-ring (bicyclic) bond motifs is 1. The van der Waals surface area contributed by atoms with Crippen LogP contribution in [0.2, 0.25) is 5.02 Å². The molecule has 0 fully saturated rings. The van der Waals surface area contributed by atoms with E-state index in [0.29, 0.717) is 27.8 Å². The molecule has 0 aromatic heterocycles. The van der Waals surface area contributed by atoms with Gasteiger partial charge in [0.1, 0.15) is 17.6 Å². The Labute approximate surface area is 262 Å². The minimum Gasteiger partial charge on any atom is -0.497 e. The molecule has 3 N–H and O–H groups in total. The molecule has 0 saturated carbocycles. The molecule has 236 valence electrons. The van der Waals surface area contributed by atoms with Gasteiger partial charge in [-0.25, -0.2) is 13.2 Å². The maximum Gasteiger partial charge on any atom is 0.321 e. The van der Waals surface area contributed by atoms with Crippen LogP contribution in [0.3, 0.4) is 0 Å². The Hall–Kier alpha value is -4.00. The summed E-state index contributed by atoms with van der Waals surface area (Å²) >= 11 is 5.91. The van der Waals surface area contributed by atoms with Crippen LogP contribution in [0, 0.1) is 5.92 Å². The molecule has 0 aliphatic carbocycles. The number of nitrogens with one attached hydrogen (secondary N) is 2. The van der Waals surface area contributed by atoms with Crippen molar-refractivity contribution < 1.29 is 32.6 Å². The van der Waals surface area contributed by atoms with Gasteiger partial charge in [-0.15, -0.1) is 0 Å². The highest BCUT2D eigenvalue weighted by Gasteiger charge is 2.32. The molecule has 1 aliphatic heterocycles. The molecule has 3 atom stereocenters. The average Bonchev–Trinajstić information content (AvgIpc) is 3.04. The Kier molecular flexibility index (Phi) is 10.6. The van der Waals surface area contributed by atoms with Gasteiger partial charge in [0.15, 0.2) is 0 Å². The third-order valence-electron chi connectivity index (χ3n) is 7.43. The lowest BCUT2D eigenvalue weighted by Gasteiger charge is -2.34. The zero-order valence-corrected chi connectivity index (χ0v) is 26.6. The summed E-state index contributed by atoms with van der Waals surface area (Å²) in [5, 5.41) is 13.2. The van der Waals surface area contributed by atoms with Crippen molar-refractivity contribution in [1.29, 1.82) is 0 Å². The number of sulfonamides is 1. The molecule has 0 unspecified atom stereocenters. The predicted octanol–water partition coefficient (Wildman–Crippen LogP) is 4.46. The molecule has 0 saturated heterocycles. The van der Waals surface area contributed by atoms with E-state index in [2.05, 4.69) is 10.0 Å². The van der Waals surface area contributed by atoms with Crippen molar-refractivity contribution in [3.8, 4) is 11.5 Å². The zero-order chi connectivity index (χ0) is 32.0. The van der Waals surface area contributed by atoms with E-state index in [-0.39, 0.29) is 54.6 Å². The molecule has 1 heterocycles. The second-order valence-corrected chi connectivity index (χ2v) is 12.9. The number of methoxy groups -OCH3 is 1. The topological polar surface area (TPSA) is 138 Å². The summed E-state index contributed by atoms with van der Waals surface area (Å²) in [6, 6.07) is 16.7. The fraction of sp³-hybridized carbons (Fsp3) is 0.355. The summed E-state index contributed by atoms with van der Waals surface area (Å²) in [5.41, 5.74) is 1.31. The SMILES string of the molecule is COc1ccc(NC(=O)N(C)C[C@@H]2Oc3ccc(NS(=O)(=O)c4ccc(Cl)cc4)cc3CC(=O)N([C@H](C)CO)C[C@H]2C)cc1. The number of likely N-dealkylation sites (N-methyl/N-ethyl adjacent to an activating group) is 1. The number of aliphatic hydroxyl groups excluding tert-OH is 1. The van der Waals surface area contributed by atoms with Crippen molar-refractivity contribution in [1.82, 2.24) is 9.80 Å². The largest absolute Gasteiger partial charge is 0.497 e. The molecule has 13 heteroatoms. The summed E-state index contributed by atoms with van der Waals surface area (Å²) in [5.74, 6) is 0.581. The van der Waals surface area contributed by atoms with Crippen molar-refractivity contribution in [2.24, 2.45) is 5.92 Å². The summed E-state index contributed by atoms with van der Waals surface area (Å²) in [6.07, 6.45) is -0.625. The van der Waals surface area contributed by atoms with Crippen molar-refractivity contribution in [2.45, 2.75) is 37.3 Å². The number of urea groups is 1. The fourth-order valence-corrected chi connectivity index (χ4v) is 5.96. The molecule has 44 heavy (non-hydrogen) atoms. The normalized spacial score (nSPS) is 17.7. The molecule has 0 radical (unpaired) electrons. The van der Waals surface area contributed by atoms with Gasteiger partial charge in [0.25, 0.3) is 10.0 Å². The number of hydrogen-bond donors (Lipinski definition) is 3. The molecule has 0 bridgehead atoms. The molecule has 4 rings (SSSR count). The van der Waals surface area contributed by atoms with Crippen LogP contribution >= 0.6 is 11.6 Å². The molecular formula is C31H37ClN4O7S. The van der Waals surface area contributed by atoms with Gasteiger partial charge >= 0.3 is 6.03 Å². The smallest absolute Gasteiger partial charge is 0.321 e. The van der Waals surface area contributed by atoms with Crippen LogP contribution in [0.25, 0.3) is 0 Å². The van der Waals surface area contributed by atoms with E-state index in [1.807, 2.05) is 6.92 Å². The highest BCUT2D eigenvalue weighted by Crippen LogP contribution is 2.30. The quantitative estimate of drug-likeness (QED) is 0.313. The second kappa shape index (κ2) is 14.2. The number of carbonyl (C=O) groups excluding carboxylic acids is 2. The van der Waals surface area contributed by atoms with Gasteiger partial charge in [0, 0.05) is 41.5 Å². The lowest BCUT2D eigenvalue weighted by atomic mass is 10.0. The maximum absolute atomic E-state index is 13.5. The number of anilines is 2. The second-order valence-electron chi connectivity index (χ2n) is 10.8. The van der Waals surface area contributed by atoms with Crippen LogP contribution in [-0.4, -0.2) is 81.3 Å². The first-order valence-corrected chi connectivity index (χ1v) is 15.9. The number of carbonyl (C=O) groups is 2. The van der Waals surface area contributed by atoms with E-state index in [1.165, 1.54) is 29.2 Å². The van der Waals surface area contributed by atoms with Crippen LogP contribution in [0.4, 0.5) is 16.2 Å². The summed E-state index contributed by atoms with van der Waals surface area (Å²) < 4.78 is 40.2. The highest BCUT2D eigenvalue weighted by atomic mass is 35.5. The van der Waals surface area contributed by atoms with Gasteiger partial charge < -0.3 is 29.7 Å². The Bertz CT molecular complexity index is 1570. The lowest BCUT2D eigenvalue weighted by molar-refractivity contribution is -0.134. The van der Waals surface area contributed by atoms with Crippen LogP contribution < -0.4 is 19.5 Å². The molecule has 1 aliphatic rings. The average molecular weight is 645 g/mol. The maximum atomic E-state index is 13.5. The Morgan fingerprint density at radius 1 is 1.14 bits per heavy atom. The summed E-state index contributed by atoms with van der Waals surface area (Å²) in [4.78, 5) is 29.7. The van der Waals surface area contributed by atoms with Crippen molar-refractivity contribution in [3.63, 3.8) is 0 Å². The fourth-order valence-electron chi connectivity index (χ4n) is 4.78. The first-order valence-electron chi connectivity index (χ1n) is 14.0. The number of halogens is 1. The monoisotopic (exact) mass is 644 g/mol. The molecule has 0 spiro atoms. The first-order chi connectivity index (χ1) is 20.9. The van der Waals surface area contributed by atoms with Crippen LogP contribution in [0.5, 0.6) is 11.5 Å². The minimum absolute atomic E-state index is 0.0329. The van der Waals surface area contributed by atoms with Gasteiger partial charge in [0.05, 0.1) is 37.6 Å². The third kappa shape index (κ3) is 8.13. The molecule has 3 aromatic carbocycles. The Morgan fingerprint density at radius 2 is 1.80 bits per heavy atom. The van der Waals surface area contributed by atoms with Gasteiger partial charge in [0.2, 0.25) is 5.91 Å². The van der Waals surface area contributed by atoms with Crippen molar-refractivity contribution in [2.75, 3.05) is 43.9 Å². The van der Waals surface area contributed by atoms with E-state index in [9.17, 15) is 23.1 Å². The lowest BCUT2D eigenvalue weighted by Crippen LogP contribution is -2.48. The predicted molar refractivity (Wildman–Crippen MR) is 169 cm³/mol. The van der Waals surface area contributed by atoms with Crippen molar-refractivity contribution >= 4 is 44.9 Å². The first kappa shape index (κ1) is 32.9. The van der Waals surface area contributed by atoms with Gasteiger partial charge in [-0.05, 0) is 73.7 Å². The molecular weight excluding hydrogens is 608 g/mol. The molecule has 3 aromatic rings. The van der Waals surface area contributed by atoms with E-state index < -0.39 is 22.2 Å². The van der Waals surface area contributed by atoms with E-state index >= 15 is 0 Å². The molecule has 11 nitrogen and oxygen atoms in total. The number of ether oxygens (including phenoxy) is 2. The van der Waals surface area contributed by atoms with Gasteiger partial charge in [-0.3, -0.25) is 9.52 Å². The van der Waals surface area contributed by atoms with Crippen LogP contribution in [0.1, 0.15) is 19.4 Å². The Balaban J connectivity index is 1.60. The van der Waals surface area contributed by atoms with E-state index in [0.717, 1.165) is 0 Å². The number of aliphatic hydroxyl groups is 1. The van der Waals surface area contributed by atoms with Gasteiger partial charge in [-0.2, -0.15) is 0 Å².